The van der Waals surface area contributed by atoms with E-state index in [1.807, 2.05) is 0 Å². The molecule has 128 valence electrons. The first-order chi connectivity index (χ1) is 12.0. The van der Waals surface area contributed by atoms with Gasteiger partial charge in [0.05, 0.1) is 16.6 Å². The maximum absolute atomic E-state index is 13.5. The molecule has 0 atom stereocenters. The minimum Gasteiger partial charge on any atom is -0.465 e. The molecular weight excluding hydrogens is 349 g/mol. The Hall–Kier alpha value is -2.93. The van der Waals surface area contributed by atoms with Gasteiger partial charge >= 0.3 is 6.09 Å². The Bertz CT molecular complexity index is 1020. The molecule has 0 radical (unpaired) electrons. The van der Waals surface area contributed by atoms with E-state index in [2.05, 4.69) is 10.3 Å². The van der Waals surface area contributed by atoms with Gasteiger partial charge in [-0.2, -0.15) is 0 Å². The fraction of sp³-hybridized carbons (Fsp3) is 0.118. The summed E-state index contributed by atoms with van der Waals surface area (Å²) in [6, 6.07) is 10.4. The van der Waals surface area contributed by atoms with Crippen molar-refractivity contribution in [1.82, 2.24) is 14.9 Å². The Morgan fingerprint density at radius 1 is 1.28 bits per heavy atom. The van der Waals surface area contributed by atoms with Crippen molar-refractivity contribution >= 4 is 28.6 Å². The SMILES string of the molecule is O=C(O)NCCc1nc2ccc(F)cc2c(=O)n1-c1cccc(Cl)c1. The van der Waals surface area contributed by atoms with Gasteiger partial charge in [-0.1, -0.05) is 17.7 Å². The molecule has 25 heavy (non-hydrogen) atoms. The van der Waals surface area contributed by atoms with E-state index in [9.17, 15) is 14.0 Å². The molecule has 3 aromatic rings. The van der Waals surface area contributed by atoms with Gasteiger partial charge in [0.15, 0.2) is 0 Å². The van der Waals surface area contributed by atoms with Gasteiger partial charge < -0.3 is 10.4 Å². The smallest absolute Gasteiger partial charge is 0.404 e. The van der Waals surface area contributed by atoms with Gasteiger partial charge in [-0.05, 0) is 36.4 Å². The van der Waals surface area contributed by atoms with Crippen molar-refractivity contribution < 1.29 is 14.3 Å². The number of carbonyl (C=O) groups is 1. The highest BCUT2D eigenvalue weighted by Crippen LogP contribution is 2.17. The van der Waals surface area contributed by atoms with Gasteiger partial charge in [-0.25, -0.2) is 14.2 Å². The first-order valence-electron chi connectivity index (χ1n) is 7.39. The molecule has 1 heterocycles. The predicted octanol–water partition coefficient (Wildman–Crippen LogP) is 2.99. The van der Waals surface area contributed by atoms with Gasteiger partial charge in [-0.15, -0.1) is 0 Å². The monoisotopic (exact) mass is 361 g/mol. The van der Waals surface area contributed by atoms with Crippen LogP contribution in [0.5, 0.6) is 0 Å². The van der Waals surface area contributed by atoms with E-state index in [-0.39, 0.29) is 18.4 Å². The predicted molar refractivity (Wildman–Crippen MR) is 92.0 cm³/mol. The number of carboxylic acid groups (broad SMARTS) is 1. The molecule has 0 aliphatic carbocycles. The van der Waals surface area contributed by atoms with E-state index in [0.717, 1.165) is 6.07 Å². The molecule has 3 rings (SSSR count). The number of hydrogen-bond donors (Lipinski definition) is 2. The fourth-order valence-electron chi connectivity index (χ4n) is 2.53. The lowest BCUT2D eigenvalue weighted by Crippen LogP contribution is -2.28. The summed E-state index contributed by atoms with van der Waals surface area (Å²) in [6.07, 6.45) is -0.985. The molecule has 0 unspecified atom stereocenters. The molecule has 0 spiro atoms. The summed E-state index contributed by atoms with van der Waals surface area (Å²) in [5.41, 5.74) is 0.369. The normalized spacial score (nSPS) is 10.8. The van der Waals surface area contributed by atoms with E-state index in [0.29, 0.717) is 22.1 Å². The highest BCUT2D eigenvalue weighted by atomic mass is 35.5. The molecule has 8 heteroatoms. The number of nitrogens with one attached hydrogen (secondary N) is 1. The van der Waals surface area contributed by atoms with Crippen molar-refractivity contribution in [2.45, 2.75) is 6.42 Å². The van der Waals surface area contributed by atoms with Crippen molar-refractivity contribution in [3.63, 3.8) is 0 Å². The molecular formula is C17H13ClFN3O3. The van der Waals surface area contributed by atoms with Crippen LogP contribution in [-0.2, 0) is 6.42 Å². The summed E-state index contributed by atoms with van der Waals surface area (Å²) in [4.78, 5) is 27.9. The first kappa shape index (κ1) is 16.9. The quantitative estimate of drug-likeness (QED) is 0.748. The lowest BCUT2D eigenvalue weighted by atomic mass is 10.2. The molecule has 0 saturated carbocycles. The van der Waals surface area contributed by atoms with Crippen LogP contribution < -0.4 is 10.9 Å². The number of hydrogen-bond acceptors (Lipinski definition) is 3. The van der Waals surface area contributed by atoms with E-state index < -0.39 is 17.5 Å². The summed E-state index contributed by atoms with van der Waals surface area (Å²) in [5.74, 6) is -0.190. The molecule has 1 amide bonds. The van der Waals surface area contributed by atoms with Gasteiger partial charge in [0.1, 0.15) is 11.6 Å². The van der Waals surface area contributed by atoms with E-state index in [1.54, 1.807) is 24.3 Å². The lowest BCUT2D eigenvalue weighted by Gasteiger charge is -2.14. The zero-order chi connectivity index (χ0) is 18.0. The van der Waals surface area contributed by atoms with Crippen LogP contribution in [0.25, 0.3) is 16.6 Å². The maximum Gasteiger partial charge on any atom is 0.404 e. The van der Waals surface area contributed by atoms with E-state index in [1.165, 1.54) is 16.7 Å². The van der Waals surface area contributed by atoms with E-state index in [4.69, 9.17) is 16.7 Å². The van der Waals surface area contributed by atoms with Crippen LogP contribution in [0.3, 0.4) is 0 Å². The molecule has 2 N–H and O–H groups in total. The largest absolute Gasteiger partial charge is 0.465 e. The lowest BCUT2D eigenvalue weighted by molar-refractivity contribution is 0.194. The number of amides is 1. The van der Waals surface area contributed by atoms with Gasteiger partial charge in [-0.3, -0.25) is 9.36 Å². The molecule has 0 saturated heterocycles. The second-order valence-electron chi connectivity index (χ2n) is 5.29. The zero-order valence-electron chi connectivity index (χ0n) is 12.9. The molecule has 0 aliphatic rings. The highest BCUT2D eigenvalue weighted by Gasteiger charge is 2.14. The minimum absolute atomic E-state index is 0.0784. The molecule has 6 nitrogen and oxygen atoms in total. The van der Waals surface area contributed by atoms with Gasteiger partial charge in [0.2, 0.25) is 0 Å². The summed E-state index contributed by atoms with van der Waals surface area (Å²) >= 11 is 6.00. The number of nitrogens with zero attached hydrogens (tertiary/aromatic N) is 2. The molecule has 0 aliphatic heterocycles. The summed E-state index contributed by atoms with van der Waals surface area (Å²) in [6.45, 7) is 0.0784. The fourth-order valence-corrected chi connectivity index (χ4v) is 2.72. The molecule has 1 aromatic heterocycles. The molecule has 0 fully saturated rings. The average Bonchev–Trinajstić information content (AvgIpc) is 2.55. The van der Waals surface area contributed by atoms with Crippen molar-refractivity contribution in [1.29, 1.82) is 0 Å². The third kappa shape index (κ3) is 3.61. The Morgan fingerprint density at radius 3 is 2.80 bits per heavy atom. The second-order valence-corrected chi connectivity index (χ2v) is 5.73. The molecule has 2 aromatic carbocycles. The number of rotatable bonds is 4. The van der Waals surface area contributed by atoms with Crippen LogP contribution >= 0.6 is 11.6 Å². The van der Waals surface area contributed by atoms with Crippen LogP contribution in [0.4, 0.5) is 9.18 Å². The Morgan fingerprint density at radius 2 is 2.08 bits per heavy atom. The van der Waals surface area contributed by atoms with Crippen molar-refractivity contribution in [3.8, 4) is 5.69 Å². The Kier molecular flexibility index (Phi) is 4.67. The molecule has 0 bridgehead atoms. The summed E-state index contributed by atoms with van der Waals surface area (Å²) in [7, 11) is 0. The van der Waals surface area contributed by atoms with E-state index >= 15 is 0 Å². The van der Waals surface area contributed by atoms with Crippen molar-refractivity contribution in [2.24, 2.45) is 0 Å². The topological polar surface area (TPSA) is 84.2 Å². The minimum atomic E-state index is -1.17. The Balaban J connectivity index is 2.20. The zero-order valence-corrected chi connectivity index (χ0v) is 13.6. The van der Waals surface area contributed by atoms with Gasteiger partial charge in [0, 0.05) is 18.0 Å². The third-order valence-corrected chi connectivity index (χ3v) is 3.83. The van der Waals surface area contributed by atoms with Crippen LogP contribution in [-0.4, -0.2) is 27.3 Å². The Labute approximate surface area is 146 Å². The number of fused-ring (bicyclic) bond motifs is 1. The highest BCUT2D eigenvalue weighted by molar-refractivity contribution is 6.30. The second kappa shape index (κ2) is 6.90. The average molecular weight is 362 g/mol. The van der Waals surface area contributed by atoms with Crippen molar-refractivity contribution in [3.05, 3.63) is 69.5 Å². The van der Waals surface area contributed by atoms with Gasteiger partial charge in [0.25, 0.3) is 5.56 Å². The first-order valence-corrected chi connectivity index (χ1v) is 7.77. The van der Waals surface area contributed by atoms with Crippen LogP contribution in [0, 0.1) is 5.82 Å². The number of aromatic nitrogens is 2. The van der Waals surface area contributed by atoms with Crippen LogP contribution in [0.1, 0.15) is 5.82 Å². The third-order valence-electron chi connectivity index (χ3n) is 3.59. The summed E-state index contributed by atoms with van der Waals surface area (Å²) < 4.78 is 14.9. The van der Waals surface area contributed by atoms with Crippen molar-refractivity contribution in [2.75, 3.05) is 6.54 Å². The maximum atomic E-state index is 13.5. The van der Waals surface area contributed by atoms with Crippen LogP contribution in [0.15, 0.2) is 47.3 Å². The number of benzene rings is 2. The van der Waals surface area contributed by atoms with Crippen LogP contribution in [0.2, 0.25) is 5.02 Å². The summed E-state index contributed by atoms with van der Waals surface area (Å²) in [5, 5.41) is 11.5. The standard InChI is InChI=1S/C17H13ClFN3O3/c18-10-2-1-3-12(8-10)22-15(6-7-20-17(24)25)21-14-5-4-11(19)9-13(14)16(22)23/h1-5,8-9,20H,6-7H2,(H,24,25). The number of halogens is 2.